The number of anilines is 1. The Bertz CT molecular complexity index is 1380. The van der Waals surface area contributed by atoms with Gasteiger partial charge in [0.15, 0.2) is 0 Å². The van der Waals surface area contributed by atoms with Crippen molar-refractivity contribution < 1.29 is 14.3 Å². The summed E-state index contributed by atoms with van der Waals surface area (Å²) in [6.45, 7) is 6.47. The molecule has 1 aromatic heterocycles. The predicted octanol–water partition coefficient (Wildman–Crippen LogP) is 7.49. The summed E-state index contributed by atoms with van der Waals surface area (Å²) in [6.07, 6.45) is 1.80. The first-order valence-corrected chi connectivity index (χ1v) is 12.4. The van der Waals surface area contributed by atoms with Crippen molar-refractivity contribution in [1.29, 1.82) is 0 Å². The molecule has 1 N–H and O–H groups in total. The molecule has 3 aromatic carbocycles. The summed E-state index contributed by atoms with van der Waals surface area (Å²) < 4.78 is 6.23. The lowest BCUT2D eigenvalue weighted by Crippen LogP contribution is -2.14. The molecule has 5 nitrogen and oxygen atoms in total. The van der Waals surface area contributed by atoms with E-state index in [1.54, 1.807) is 24.3 Å². The van der Waals surface area contributed by atoms with E-state index in [-0.39, 0.29) is 11.9 Å². The summed E-state index contributed by atoms with van der Waals surface area (Å²) in [5, 5.41) is 3.77. The second-order valence-corrected chi connectivity index (χ2v) is 9.48. The summed E-state index contributed by atoms with van der Waals surface area (Å²) in [6, 6.07) is 20.5. The van der Waals surface area contributed by atoms with Gasteiger partial charge in [0.1, 0.15) is 0 Å². The average Bonchev–Trinajstić information content (AvgIpc) is 2.84. The Labute approximate surface area is 213 Å². The Morgan fingerprint density at radius 3 is 2.37 bits per heavy atom. The minimum atomic E-state index is -0.360. The second-order valence-electron chi connectivity index (χ2n) is 8.56. The molecule has 1 amide bonds. The van der Waals surface area contributed by atoms with Crippen LogP contribution in [0.4, 0.5) is 5.69 Å². The SMILES string of the molecule is CCCCOC(=O)c1ccc(NC(=O)c2cc(-c3ccc(Br)cc3)nc3c(C)cc(C)cc23)cc1. The molecule has 1 heterocycles. The third-order valence-corrected chi connectivity index (χ3v) is 6.27. The zero-order valence-corrected chi connectivity index (χ0v) is 21.6. The minimum Gasteiger partial charge on any atom is -0.462 e. The van der Waals surface area contributed by atoms with Crippen LogP contribution < -0.4 is 5.32 Å². The normalized spacial score (nSPS) is 10.9. The number of hydrogen-bond donors (Lipinski definition) is 1. The molecule has 35 heavy (non-hydrogen) atoms. The number of esters is 1. The number of carbonyl (C=O) groups is 2. The Balaban J connectivity index is 1.66. The highest BCUT2D eigenvalue weighted by atomic mass is 79.9. The van der Waals surface area contributed by atoms with Crippen LogP contribution in [0.5, 0.6) is 0 Å². The Hall–Kier alpha value is -3.51. The van der Waals surface area contributed by atoms with Gasteiger partial charge in [-0.1, -0.05) is 53.0 Å². The van der Waals surface area contributed by atoms with Gasteiger partial charge in [0.2, 0.25) is 0 Å². The fourth-order valence-corrected chi connectivity index (χ4v) is 4.18. The molecule has 4 rings (SSSR count). The number of unbranched alkanes of at least 4 members (excludes halogenated alkanes) is 1. The molecule has 0 saturated carbocycles. The maximum absolute atomic E-state index is 13.4. The van der Waals surface area contributed by atoms with Gasteiger partial charge in [0.05, 0.1) is 28.9 Å². The van der Waals surface area contributed by atoms with Crippen molar-refractivity contribution in [3.8, 4) is 11.3 Å². The first-order valence-electron chi connectivity index (χ1n) is 11.6. The monoisotopic (exact) mass is 530 g/mol. The number of fused-ring (bicyclic) bond motifs is 1. The van der Waals surface area contributed by atoms with E-state index < -0.39 is 0 Å². The third-order valence-electron chi connectivity index (χ3n) is 5.74. The average molecular weight is 531 g/mol. The van der Waals surface area contributed by atoms with Crippen LogP contribution in [-0.4, -0.2) is 23.5 Å². The molecule has 6 heteroatoms. The van der Waals surface area contributed by atoms with E-state index in [1.165, 1.54) is 0 Å². The smallest absolute Gasteiger partial charge is 0.338 e. The molecule has 4 aromatic rings. The van der Waals surface area contributed by atoms with E-state index >= 15 is 0 Å². The van der Waals surface area contributed by atoms with Crippen molar-refractivity contribution >= 4 is 44.4 Å². The van der Waals surface area contributed by atoms with Crippen molar-refractivity contribution in [2.24, 2.45) is 0 Å². The van der Waals surface area contributed by atoms with E-state index in [4.69, 9.17) is 9.72 Å². The van der Waals surface area contributed by atoms with E-state index in [0.29, 0.717) is 23.4 Å². The summed E-state index contributed by atoms with van der Waals surface area (Å²) >= 11 is 3.47. The van der Waals surface area contributed by atoms with Crippen molar-refractivity contribution in [2.75, 3.05) is 11.9 Å². The van der Waals surface area contributed by atoms with Gasteiger partial charge in [0, 0.05) is 21.1 Å². The number of halogens is 1. The molecule has 0 atom stereocenters. The maximum Gasteiger partial charge on any atom is 0.338 e. The fourth-order valence-electron chi connectivity index (χ4n) is 3.92. The molecule has 0 spiro atoms. The van der Waals surface area contributed by atoms with Crippen LogP contribution in [0.3, 0.4) is 0 Å². The third kappa shape index (κ3) is 5.77. The molecule has 0 fully saturated rings. The topological polar surface area (TPSA) is 68.3 Å². The number of pyridine rings is 1. The lowest BCUT2D eigenvalue weighted by Gasteiger charge is -2.13. The standard InChI is InChI=1S/C29H27BrN2O3/c1-4-5-14-35-29(34)21-8-12-23(13-9-21)31-28(33)25-17-26(20-6-10-22(30)11-7-20)32-27-19(3)15-18(2)16-24(25)27/h6-13,15-17H,4-5,14H2,1-3H3,(H,31,33). The molecule has 0 bridgehead atoms. The summed E-state index contributed by atoms with van der Waals surface area (Å²) in [5.74, 6) is -0.597. The molecule has 0 aliphatic carbocycles. The number of nitrogens with zero attached hydrogens (tertiary/aromatic N) is 1. The molecular weight excluding hydrogens is 504 g/mol. The molecule has 0 aliphatic rings. The zero-order chi connectivity index (χ0) is 24.9. The summed E-state index contributed by atoms with van der Waals surface area (Å²) in [7, 11) is 0. The highest BCUT2D eigenvalue weighted by Gasteiger charge is 2.17. The van der Waals surface area contributed by atoms with Gasteiger partial charge >= 0.3 is 5.97 Å². The van der Waals surface area contributed by atoms with Crippen molar-refractivity contribution in [3.05, 3.63) is 93.5 Å². The van der Waals surface area contributed by atoms with Crippen LogP contribution in [0.2, 0.25) is 0 Å². The van der Waals surface area contributed by atoms with Gasteiger partial charge in [-0.25, -0.2) is 9.78 Å². The van der Waals surface area contributed by atoms with Crippen LogP contribution in [-0.2, 0) is 4.74 Å². The summed E-state index contributed by atoms with van der Waals surface area (Å²) in [5.41, 5.74) is 6.13. The van der Waals surface area contributed by atoms with Crippen molar-refractivity contribution in [2.45, 2.75) is 33.6 Å². The summed E-state index contributed by atoms with van der Waals surface area (Å²) in [4.78, 5) is 30.5. The van der Waals surface area contributed by atoms with E-state index in [2.05, 4.69) is 27.3 Å². The number of ether oxygens (including phenoxy) is 1. The van der Waals surface area contributed by atoms with Gasteiger partial charge < -0.3 is 10.1 Å². The van der Waals surface area contributed by atoms with E-state index in [9.17, 15) is 9.59 Å². The second kappa shape index (κ2) is 10.8. The number of hydrogen-bond acceptors (Lipinski definition) is 4. The van der Waals surface area contributed by atoms with Gasteiger partial charge in [-0.2, -0.15) is 0 Å². The molecule has 0 unspecified atom stereocenters. The first kappa shape index (κ1) is 24.6. The number of aromatic nitrogens is 1. The van der Waals surface area contributed by atoms with Crippen LogP contribution in [0.15, 0.2) is 71.2 Å². The molecule has 0 aliphatic heterocycles. The van der Waals surface area contributed by atoms with Crippen LogP contribution in [0.1, 0.15) is 51.6 Å². The lowest BCUT2D eigenvalue weighted by atomic mass is 9.99. The highest BCUT2D eigenvalue weighted by Crippen LogP contribution is 2.29. The number of amides is 1. The minimum absolute atomic E-state index is 0.237. The van der Waals surface area contributed by atoms with Gasteiger partial charge in [-0.15, -0.1) is 0 Å². The highest BCUT2D eigenvalue weighted by molar-refractivity contribution is 9.10. The Kier molecular flexibility index (Phi) is 7.61. The molecule has 178 valence electrons. The number of rotatable bonds is 7. The molecular formula is C29H27BrN2O3. The van der Waals surface area contributed by atoms with E-state index in [1.807, 2.05) is 57.2 Å². The number of benzene rings is 3. The zero-order valence-electron chi connectivity index (χ0n) is 20.0. The van der Waals surface area contributed by atoms with Gasteiger partial charge in [-0.05, 0) is 74.4 Å². The van der Waals surface area contributed by atoms with Gasteiger partial charge in [0.25, 0.3) is 5.91 Å². The lowest BCUT2D eigenvalue weighted by molar-refractivity contribution is 0.0499. The Morgan fingerprint density at radius 2 is 1.69 bits per heavy atom. The number of aryl methyl sites for hydroxylation is 2. The van der Waals surface area contributed by atoms with Crippen LogP contribution >= 0.6 is 15.9 Å². The number of carbonyl (C=O) groups excluding carboxylic acids is 2. The Morgan fingerprint density at radius 1 is 0.971 bits per heavy atom. The number of nitrogens with one attached hydrogen (secondary N) is 1. The van der Waals surface area contributed by atoms with Crippen LogP contribution in [0.25, 0.3) is 22.2 Å². The first-order chi connectivity index (χ1) is 16.9. The quantitative estimate of drug-likeness (QED) is 0.198. The molecule has 0 radical (unpaired) electrons. The van der Waals surface area contributed by atoms with Crippen molar-refractivity contribution in [3.63, 3.8) is 0 Å². The van der Waals surface area contributed by atoms with Crippen LogP contribution in [0, 0.1) is 13.8 Å². The van der Waals surface area contributed by atoms with Gasteiger partial charge in [-0.3, -0.25) is 4.79 Å². The molecule has 0 saturated heterocycles. The predicted molar refractivity (Wildman–Crippen MR) is 144 cm³/mol. The largest absolute Gasteiger partial charge is 0.462 e. The fraction of sp³-hybridized carbons (Fsp3) is 0.207. The maximum atomic E-state index is 13.4. The van der Waals surface area contributed by atoms with Crippen molar-refractivity contribution in [1.82, 2.24) is 4.98 Å². The van der Waals surface area contributed by atoms with E-state index in [0.717, 1.165) is 50.6 Å².